The molecule has 7 heteroatoms. The van der Waals surface area contributed by atoms with Crippen LogP contribution in [0.4, 0.5) is 19.1 Å². The van der Waals surface area contributed by atoms with Gasteiger partial charge in [0.1, 0.15) is 6.54 Å². The third-order valence-electron chi connectivity index (χ3n) is 1.90. The molecule has 0 fully saturated rings. The SMILES string of the molecule is FC(F)(F)CNc1nc2cc(Br)ccc2[nH]1. The van der Waals surface area contributed by atoms with Crippen LogP contribution in [-0.2, 0) is 0 Å². The molecule has 16 heavy (non-hydrogen) atoms. The number of anilines is 1. The van der Waals surface area contributed by atoms with Crippen molar-refractivity contribution in [3.8, 4) is 0 Å². The number of nitrogens with zero attached hydrogens (tertiary/aromatic N) is 1. The van der Waals surface area contributed by atoms with Gasteiger partial charge < -0.3 is 10.3 Å². The van der Waals surface area contributed by atoms with Crippen LogP contribution in [0.15, 0.2) is 22.7 Å². The lowest BCUT2D eigenvalue weighted by Gasteiger charge is -2.05. The Morgan fingerprint density at radius 3 is 2.81 bits per heavy atom. The number of imidazole rings is 1. The third-order valence-corrected chi connectivity index (χ3v) is 2.39. The highest BCUT2D eigenvalue weighted by molar-refractivity contribution is 9.10. The number of hydrogen-bond donors (Lipinski definition) is 2. The van der Waals surface area contributed by atoms with Crippen LogP contribution in [0.5, 0.6) is 0 Å². The van der Waals surface area contributed by atoms with Gasteiger partial charge in [-0.3, -0.25) is 0 Å². The maximum Gasteiger partial charge on any atom is 0.405 e. The van der Waals surface area contributed by atoms with Crippen molar-refractivity contribution < 1.29 is 13.2 Å². The van der Waals surface area contributed by atoms with E-state index in [2.05, 4.69) is 31.2 Å². The minimum absolute atomic E-state index is 0.116. The fourth-order valence-corrected chi connectivity index (χ4v) is 1.60. The van der Waals surface area contributed by atoms with Crippen LogP contribution in [-0.4, -0.2) is 22.7 Å². The summed E-state index contributed by atoms with van der Waals surface area (Å²) in [6.07, 6.45) is -4.25. The molecule has 0 saturated heterocycles. The number of rotatable bonds is 2. The largest absolute Gasteiger partial charge is 0.405 e. The van der Waals surface area contributed by atoms with E-state index in [1.54, 1.807) is 18.2 Å². The Morgan fingerprint density at radius 1 is 1.38 bits per heavy atom. The number of fused-ring (bicyclic) bond motifs is 1. The lowest BCUT2D eigenvalue weighted by atomic mass is 10.3. The van der Waals surface area contributed by atoms with Gasteiger partial charge in [0, 0.05) is 4.47 Å². The van der Waals surface area contributed by atoms with Crippen molar-refractivity contribution in [3.05, 3.63) is 22.7 Å². The molecule has 0 unspecified atom stereocenters. The van der Waals surface area contributed by atoms with Crippen molar-refractivity contribution in [3.63, 3.8) is 0 Å². The molecule has 0 aliphatic carbocycles. The van der Waals surface area contributed by atoms with Gasteiger partial charge in [-0.05, 0) is 18.2 Å². The van der Waals surface area contributed by atoms with E-state index < -0.39 is 12.7 Å². The summed E-state index contributed by atoms with van der Waals surface area (Å²) in [6.45, 7) is -1.10. The molecule has 0 saturated carbocycles. The van der Waals surface area contributed by atoms with Crippen molar-refractivity contribution in [2.75, 3.05) is 11.9 Å². The number of halogens is 4. The first-order valence-electron chi connectivity index (χ1n) is 4.40. The van der Waals surface area contributed by atoms with Gasteiger partial charge in [-0.2, -0.15) is 13.2 Å². The maximum atomic E-state index is 11.9. The molecular weight excluding hydrogens is 287 g/mol. The van der Waals surface area contributed by atoms with Crippen molar-refractivity contribution in [2.24, 2.45) is 0 Å². The number of aromatic nitrogens is 2. The maximum absolute atomic E-state index is 11.9. The molecule has 0 radical (unpaired) electrons. The molecule has 0 amide bonds. The highest BCUT2D eigenvalue weighted by Gasteiger charge is 2.27. The zero-order valence-corrected chi connectivity index (χ0v) is 9.48. The average molecular weight is 294 g/mol. The number of benzene rings is 1. The molecule has 0 aliphatic heterocycles. The first-order valence-corrected chi connectivity index (χ1v) is 5.19. The number of nitrogens with one attached hydrogen (secondary N) is 2. The van der Waals surface area contributed by atoms with E-state index in [-0.39, 0.29) is 5.95 Å². The van der Waals surface area contributed by atoms with Crippen LogP contribution >= 0.6 is 15.9 Å². The molecule has 3 nitrogen and oxygen atoms in total. The topological polar surface area (TPSA) is 40.7 Å². The number of aromatic amines is 1. The molecule has 0 spiro atoms. The zero-order chi connectivity index (χ0) is 11.8. The quantitative estimate of drug-likeness (QED) is 0.892. The standard InChI is InChI=1S/C9H7BrF3N3/c10-5-1-2-6-7(3-5)16-8(15-6)14-4-9(11,12)13/h1-3H,4H2,(H2,14,15,16). The summed E-state index contributed by atoms with van der Waals surface area (Å²) >= 11 is 3.26. The summed E-state index contributed by atoms with van der Waals surface area (Å²) < 4.78 is 36.7. The number of H-pyrrole nitrogens is 1. The van der Waals surface area contributed by atoms with E-state index in [0.29, 0.717) is 11.0 Å². The second kappa shape index (κ2) is 3.97. The van der Waals surface area contributed by atoms with Gasteiger partial charge in [-0.25, -0.2) is 4.98 Å². The minimum atomic E-state index is -4.25. The fourth-order valence-electron chi connectivity index (χ4n) is 1.25. The Morgan fingerprint density at radius 2 is 2.12 bits per heavy atom. The van der Waals surface area contributed by atoms with Crippen LogP contribution in [0.2, 0.25) is 0 Å². The first-order chi connectivity index (χ1) is 7.44. The summed E-state index contributed by atoms with van der Waals surface area (Å²) in [5.41, 5.74) is 1.30. The zero-order valence-electron chi connectivity index (χ0n) is 7.90. The van der Waals surface area contributed by atoms with E-state index in [1.807, 2.05) is 0 Å². The molecule has 1 aromatic heterocycles. The average Bonchev–Trinajstić information content (AvgIpc) is 2.55. The van der Waals surface area contributed by atoms with Gasteiger partial charge in [0.05, 0.1) is 11.0 Å². The molecular formula is C9H7BrF3N3. The molecule has 2 N–H and O–H groups in total. The van der Waals surface area contributed by atoms with Crippen LogP contribution in [0.1, 0.15) is 0 Å². The summed E-state index contributed by atoms with van der Waals surface area (Å²) in [5.74, 6) is 0.116. The van der Waals surface area contributed by atoms with E-state index in [4.69, 9.17) is 0 Å². The molecule has 0 atom stereocenters. The van der Waals surface area contributed by atoms with Gasteiger partial charge in [0.2, 0.25) is 5.95 Å². The monoisotopic (exact) mass is 293 g/mol. The Hall–Kier alpha value is -1.24. The Balaban J connectivity index is 2.20. The molecule has 1 aromatic carbocycles. The van der Waals surface area contributed by atoms with Gasteiger partial charge in [0.15, 0.2) is 0 Å². The van der Waals surface area contributed by atoms with Crippen molar-refractivity contribution in [1.29, 1.82) is 0 Å². The molecule has 0 bridgehead atoms. The highest BCUT2D eigenvalue weighted by atomic mass is 79.9. The Kier molecular flexibility index (Phi) is 2.79. The summed E-state index contributed by atoms with van der Waals surface area (Å²) in [5, 5.41) is 2.19. The van der Waals surface area contributed by atoms with Crippen LogP contribution in [0, 0.1) is 0 Å². The van der Waals surface area contributed by atoms with Crippen molar-refractivity contribution >= 4 is 32.9 Å². The van der Waals surface area contributed by atoms with Crippen LogP contribution < -0.4 is 5.32 Å². The lowest BCUT2D eigenvalue weighted by molar-refractivity contribution is -0.115. The second-order valence-corrected chi connectivity index (χ2v) is 4.13. The first kappa shape index (κ1) is 11.3. The van der Waals surface area contributed by atoms with Gasteiger partial charge in [-0.15, -0.1) is 0 Å². The Bertz CT molecular complexity index is 506. The Labute approximate surface area is 97.2 Å². The van der Waals surface area contributed by atoms with E-state index in [1.165, 1.54) is 0 Å². The highest BCUT2D eigenvalue weighted by Crippen LogP contribution is 2.20. The molecule has 86 valence electrons. The lowest BCUT2D eigenvalue weighted by Crippen LogP contribution is -2.21. The fraction of sp³-hybridized carbons (Fsp3) is 0.222. The smallest absolute Gasteiger partial charge is 0.347 e. The van der Waals surface area contributed by atoms with Crippen LogP contribution in [0.25, 0.3) is 11.0 Å². The minimum Gasteiger partial charge on any atom is -0.347 e. The van der Waals surface area contributed by atoms with Gasteiger partial charge in [-0.1, -0.05) is 15.9 Å². The van der Waals surface area contributed by atoms with Crippen LogP contribution in [0.3, 0.4) is 0 Å². The summed E-state index contributed by atoms with van der Waals surface area (Å²) in [4.78, 5) is 6.73. The molecule has 2 rings (SSSR count). The predicted octanol–water partition coefficient (Wildman–Crippen LogP) is 3.30. The third kappa shape index (κ3) is 2.66. The predicted molar refractivity (Wildman–Crippen MR) is 58.3 cm³/mol. The van der Waals surface area contributed by atoms with Crippen molar-refractivity contribution in [1.82, 2.24) is 9.97 Å². The molecule has 1 heterocycles. The summed E-state index contributed by atoms with van der Waals surface area (Å²) in [6, 6.07) is 5.25. The van der Waals surface area contributed by atoms with Gasteiger partial charge >= 0.3 is 6.18 Å². The number of alkyl halides is 3. The second-order valence-electron chi connectivity index (χ2n) is 3.22. The van der Waals surface area contributed by atoms with E-state index in [9.17, 15) is 13.2 Å². The number of hydrogen-bond acceptors (Lipinski definition) is 2. The summed E-state index contributed by atoms with van der Waals surface area (Å²) in [7, 11) is 0. The molecule has 0 aliphatic rings. The van der Waals surface area contributed by atoms with E-state index >= 15 is 0 Å². The van der Waals surface area contributed by atoms with Crippen molar-refractivity contribution in [2.45, 2.75) is 6.18 Å². The normalized spacial score (nSPS) is 12.0. The van der Waals surface area contributed by atoms with E-state index in [0.717, 1.165) is 4.47 Å². The van der Waals surface area contributed by atoms with Gasteiger partial charge in [0.25, 0.3) is 0 Å². The molecule has 2 aromatic rings.